The number of benzene rings is 1. The van der Waals surface area contributed by atoms with Crippen LogP contribution in [-0.2, 0) is 7.05 Å². The summed E-state index contributed by atoms with van der Waals surface area (Å²) >= 11 is 0. The summed E-state index contributed by atoms with van der Waals surface area (Å²) in [6, 6.07) is 7.12. The Kier molecular flexibility index (Phi) is 7.73. The van der Waals surface area contributed by atoms with Crippen LogP contribution in [0.3, 0.4) is 0 Å². The molecular weight excluding hydrogens is 287 g/mol. The minimum Gasteiger partial charge on any atom is -0.268 e. The standard InChI is InChI=1S/C12H13FN2.C8H16/c1-8-4-5-10(11(13)6-8)12-7-9(2)14-15(12)3;1-4-6-7-8(3)5-2/h4-7H,1-3H3;3-7H2,1-2H3. The molecule has 1 aromatic heterocycles. The van der Waals surface area contributed by atoms with Crippen molar-refractivity contribution in [3.63, 3.8) is 0 Å². The Morgan fingerprint density at radius 2 is 1.91 bits per heavy atom. The topological polar surface area (TPSA) is 17.8 Å². The minimum atomic E-state index is -0.196. The van der Waals surface area contributed by atoms with Gasteiger partial charge in [-0.05, 0) is 56.9 Å². The molecule has 0 aliphatic carbocycles. The molecule has 0 spiro atoms. The van der Waals surface area contributed by atoms with Crippen LogP contribution in [0.4, 0.5) is 4.39 Å². The lowest BCUT2D eigenvalue weighted by Gasteiger charge is -2.04. The van der Waals surface area contributed by atoms with Gasteiger partial charge in [0.25, 0.3) is 0 Å². The second kappa shape index (κ2) is 9.29. The Morgan fingerprint density at radius 1 is 1.22 bits per heavy atom. The number of halogens is 1. The first-order valence-electron chi connectivity index (χ1n) is 8.32. The summed E-state index contributed by atoms with van der Waals surface area (Å²) in [5.41, 5.74) is 4.63. The van der Waals surface area contributed by atoms with Gasteiger partial charge in [0, 0.05) is 12.6 Å². The highest BCUT2D eigenvalue weighted by Crippen LogP contribution is 2.23. The van der Waals surface area contributed by atoms with E-state index >= 15 is 0 Å². The molecule has 0 atom stereocenters. The summed E-state index contributed by atoms with van der Waals surface area (Å²) in [7, 11) is 1.82. The van der Waals surface area contributed by atoms with Crippen molar-refractivity contribution < 1.29 is 4.39 Å². The molecule has 0 N–H and O–H groups in total. The van der Waals surface area contributed by atoms with Crippen LogP contribution < -0.4 is 0 Å². The van der Waals surface area contributed by atoms with Gasteiger partial charge < -0.3 is 0 Å². The van der Waals surface area contributed by atoms with E-state index in [1.807, 2.05) is 33.0 Å². The van der Waals surface area contributed by atoms with Crippen LogP contribution in [0.2, 0.25) is 0 Å². The molecule has 0 aliphatic heterocycles. The molecule has 0 aliphatic rings. The SMILES string of the molecule is C=C(CC)CCCC.Cc1ccc(-c2cc(C)nn2C)c(F)c1. The number of hydrogen-bond acceptors (Lipinski definition) is 1. The lowest BCUT2D eigenvalue weighted by molar-refractivity contribution is 0.627. The minimum absolute atomic E-state index is 0.196. The first-order valence-corrected chi connectivity index (χ1v) is 8.32. The molecule has 2 nitrogen and oxygen atoms in total. The fourth-order valence-electron chi connectivity index (χ4n) is 2.29. The van der Waals surface area contributed by atoms with E-state index in [1.165, 1.54) is 30.9 Å². The van der Waals surface area contributed by atoms with Crippen LogP contribution >= 0.6 is 0 Å². The van der Waals surface area contributed by atoms with Crippen molar-refractivity contribution in [1.82, 2.24) is 9.78 Å². The maximum absolute atomic E-state index is 13.7. The molecule has 0 radical (unpaired) electrons. The average Bonchev–Trinajstić information content (AvgIpc) is 2.84. The Morgan fingerprint density at radius 3 is 2.39 bits per heavy atom. The summed E-state index contributed by atoms with van der Waals surface area (Å²) in [4.78, 5) is 0. The highest BCUT2D eigenvalue weighted by molar-refractivity contribution is 5.61. The number of nitrogens with zero attached hydrogens (tertiary/aromatic N) is 2. The van der Waals surface area contributed by atoms with Gasteiger partial charge in [0.1, 0.15) is 5.82 Å². The predicted octanol–water partition coefficient (Wildman–Crippen LogP) is 5.99. The van der Waals surface area contributed by atoms with Gasteiger partial charge >= 0.3 is 0 Å². The largest absolute Gasteiger partial charge is 0.268 e. The summed E-state index contributed by atoms with van der Waals surface area (Å²) in [5, 5.41) is 4.20. The molecule has 0 bridgehead atoms. The quantitative estimate of drug-likeness (QED) is 0.620. The van der Waals surface area contributed by atoms with Gasteiger partial charge in [0.05, 0.1) is 11.4 Å². The molecule has 0 unspecified atom stereocenters. The summed E-state index contributed by atoms with van der Waals surface area (Å²) < 4.78 is 15.4. The van der Waals surface area contributed by atoms with E-state index in [2.05, 4.69) is 25.5 Å². The van der Waals surface area contributed by atoms with E-state index in [1.54, 1.807) is 10.7 Å². The highest BCUT2D eigenvalue weighted by atomic mass is 19.1. The van der Waals surface area contributed by atoms with Crippen molar-refractivity contribution >= 4 is 0 Å². The molecule has 23 heavy (non-hydrogen) atoms. The third kappa shape index (κ3) is 6.01. The van der Waals surface area contributed by atoms with E-state index in [-0.39, 0.29) is 5.82 Å². The number of aromatic nitrogens is 2. The Hall–Kier alpha value is -1.90. The van der Waals surface area contributed by atoms with Crippen molar-refractivity contribution in [1.29, 1.82) is 0 Å². The first kappa shape index (κ1) is 19.1. The van der Waals surface area contributed by atoms with Gasteiger partial charge in [-0.2, -0.15) is 5.10 Å². The van der Waals surface area contributed by atoms with Crippen LogP contribution in [0.25, 0.3) is 11.3 Å². The highest BCUT2D eigenvalue weighted by Gasteiger charge is 2.09. The van der Waals surface area contributed by atoms with Gasteiger partial charge in [0.2, 0.25) is 0 Å². The van der Waals surface area contributed by atoms with Gasteiger partial charge in [-0.3, -0.25) is 4.68 Å². The molecular formula is C20H29FN2. The zero-order valence-corrected chi connectivity index (χ0v) is 15.1. The smallest absolute Gasteiger partial charge is 0.132 e. The second-order valence-electron chi connectivity index (χ2n) is 5.98. The van der Waals surface area contributed by atoms with Crippen molar-refractivity contribution in [2.24, 2.45) is 7.05 Å². The first-order chi connectivity index (χ1) is 10.9. The van der Waals surface area contributed by atoms with Gasteiger partial charge in [-0.1, -0.05) is 38.5 Å². The van der Waals surface area contributed by atoms with E-state index < -0.39 is 0 Å². The predicted molar refractivity (Wildman–Crippen MR) is 97.0 cm³/mol. The zero-order chi connectivity index (χ0) is 17.4. The molecule has 126 valence electrons. The van der Waals surface area contributed by atoms with Gasteiger partial charge in [0.15, 0.2) is 0 Å². The van der Waals surface area contributed by atoms with Crippen molar-refractivity contribution in [3.8, 4) is 11.3 Å². The normalized spacial score (nSPS) is 10.2. The average molecular weight is 316 g/mol. The molecule has 2 rings (SSSR count). The zero-order valence-electron chi connectivity index (χ0n) is 15.1. The number of rotatable bonds is 5. The number of hydrogen-bond donors (Lipinski definition) is 0. The summed E-state index contributed by atoms with van der Waals surface area (Å²) in [5.74, 6) is -0.196. The third-order valence-electron chi connectivity index (χ3n) is 3.79. The van der Waals surface area contributed by atoms with Crippen LogP contribution in [0.1, 0.15) is 50.8 Å². The van der Waals surface area contributed by atoms with E-state index in [4.69, 9.17) is 0 Å². The summed E-state index contributed by atoms with van der Waals surface area (Å²) in [6.45, 7) is 12.1. The van der Waals surface area contributed by atoms with E-state index in [0.29, 0.717) is 5.56 Å². The third-order valence-corrected chi connectivity index (χ3v) is 3.79. The summed E-state index contributed by atoms with van der Waals surface area (Å²) in [6.07, 6.45) is 4.98. The molecule has 3 heteroatoms. The maximum Gasteiger partial charge on any atom is 0.132 e. The monoisotopic (exact) mass is 316 g/mol. The fraction of sp³-hybridized carbons (Fsp3) is 0.450. The van der Waals surface area contributed by atoms with Crippen molar-refractivity contribution in [2.75, 3.05) is 0 Å². The lowest BCUT2D eigenvalue weighted by Crippen LogP contribution is -1.95. The van der Waals surface area contributed by atoms with Crippen LogP contribution in [0.15, 0.2) is 36.4 Å². The molecule has 0 saturated heterocycles. The molecule has 0 fully saturated rings. The van der Waals surface area contributed by atoms with Crippen LogP contribution in [-0.4, -0.2) is 9.78 Å². The second-order valence-corrected chi connectivity index (χ2v) is 5.98. The van der Waals surface area contributed by atoms with Crippen molar-refractivity contribution in [2.45, 2.75) is 53.4 Å². The van der Waals surface area contributed by atoms with Gasteiger partial charge in [-0.15, -0.1) is 0 Å². The van der Waals surface area contributed by atoms with Crippen LogP contribution in [0.5, 0.6) is 0 Å². The Bertz CT molecular complexity index is 641. The van der Waals surface area contributed by atoms with Crippen LogP contribution in [0, 0.1) is 19.7 Å². The fourth-order valence-corrected chi connectivity index (χ4v) is 2.29. The molecule has 2 aromatic rings. The molecule has 0 amide bonds. The number of allylic oxidation sites excluding steroid dienone is 1. The van der Waals surface area contributed by atoms with E-state index in [0.717, 1.165) is 23.4 Å². The number of unbranched alkanes of at least 4 members (excludes halogenated alkanes) is 1. The molecule has 1 heterocycles. The number of aryl methyl sites for hydroxylation is 3. The Balaban J connectivity index is 0.000000284. The maximum atomic E-state index is 13.7. The lowest BCUT2D eigenvalue weighted by atomic mass is 10.1. The van der Waals surface area contributed by atoms with Gasteiger partial charge in [-0.25, -0.2) is 4.39 Å². The molecule has 0 saturated carbocycles. The van der Waals surface area contributed by atoms with Crippen molar-refractivity contribution in [3.05, 3.63) is 53.5 Å². The molecule has 1 aromatic carbocycles. The van der Waals surface area contributed by atoms with E-state index in [9.17, 15) is 4.39 Å². The Labute approximate surface area is 140 Å².